The van der Waals surface area contributed by atoms with E-state index in [1.807, 2.05) is 6.08 Å². The van der Waals surface area contributed by atoms with E-state index >= 15 is 0 Å². The molecule has 4 heteroatoms. The zero-order chi connectivity index (χ0) is 6.69. The summed E-state index contributed by atoms with van der Waals surface area (Å²) in [5, 5.41) is 0. The molecule has 1 unspecified atom stereocenters. The van der Waals surface area contributed by atoms with Crippen LogP contribution in [0.25, 0.3) is 0 Å². The fraction of sp³-hybridized carbons (Fsp3) is 0.600. The first-order valence-corrected chi connectivity index (χ1v) is 4.06. The summed E-state index contributed by atoms with van der Waals surface area (Å²) in [7, 11) is -2.12. The molecule has 0 amide bonds. The van der Waals surface area contributed by atoms with Crippen LogP contribution < -0.4 is 0 Å². The van der Waals surface area contributed by atoms with E-state index in [1.165, 1.54) is 4.67 Å². The molecule has 0 aliphatic carbocycles. The fourth-order valence-corrected chi connectivity index (χ4v) is 1.31. The summed E-state index contributed by atoms with van der Waals surface area (Å²) in [5.41, 5.74) is 0. The van der Waals surface area contributed by atoms with Gasteiger partial charge in [-0.1, -0.05) is 6.08 Å². The maximum atomic E-state index is 10.4. The summed E-state index contributed by atoms with van der Waals surface area (Å²) in [5.74, 6) is 0. The van der Waals surface area contributed by atoms with Gasteiger partial charge in [-0.15, -0.1) is 9.56 Å². The monoisotopic (exact) mass is 146 g/mol. The summed E-state index contributed by atoms with van der Waals surface area (Å²) in [6.45, 7) is 0.711. The summed E-state index contributed by atoms with van der Waals surface area (Å²) in [4.78, 5) is 8.56. The molecule has 0 radical (unpaired) electrons. The van der Waals surface area contributed by atoms with E-state index in [0.29, 0.717) is 6.54 Å². The third-order valence-corrected chi connectivity index (χ3v) is 2.03. The molecule has 1 heterocycles. The first-order chi connectivity index (χ1) is 4.30. The largest absolute Gasteiger partial charge is 0.642 e. The summed E-state index contributed by atoms with van der Waals surface area (Å²) >= 11 is 0. The predicted molar refractivity (Wildman–Crippen MR) is 34.9 cm³/mol. The Morgan fingerprint density at radius 3 is 2.78 bits per heavy atom. The van der Waals surface area contributed by atoms with Crippen LogP contribution in [0.1, 0.15) is 12.8 Å². The molecule has 1 N–H and O–H groups in total. The Morgan fingerprint density at radius 2 is 2.44 bits per heavy atom. The number of allylic oxidation sites excluding steroid dienone is 1. The summed E-state index contributed by atoms with van der Waals surface area (Å²) < 4.78 is 11.8. The number of hydrogen-bond donors (Lipinski definition) is 1. The Morgan fingerprint density at radius 1 is 1.67 bits per heavy atom. The van der Waals surface area contributed by atoms with Crippen molar-refractivity contribution in [3.63, 3.8) is 0 Å². The fourth-order valence-electron chi connectivity index (χ4n) is 0.784. The van der Waals surface area contributed by atoms with Gasteiger partial charge in [-0.2, -0.15) is 0 Å². The first kappa shape index (κ1) is 6.72. The van der Waals surface area contributed by atoms with Gasteiger partial charge >= 0.3 is 8.18 Å². The minimum absolute atomic E-state index is 0.711. The molecule has 1 aliphatic rings. The van der Waals surface area contributed by atoms with Crippen LogP contribution in [0.5, 0.6) is 0 Å². The van der Waals surface area contributed by atoms with Gasteiger partial charge in [0.25, 0.3) is 0 Å². The number of rotatable bonds is 1. The zero-order valence-corrected chi connectivity index (χ0v) is 5.92. The quantitative estimate of drug-likeness (QED) is 0.566. The SMILES string of the molecule is O=[P+](O)N1C=CCCC1. The standard InChI is InChI=1S/C5H8NO2P/c7-9(8)6-4-2-1-3-5-6/h2,4H,1,3,5H2/p+1. The predicted octanol–water partition coefficient (Wildman–Crippen LogP) is 1.25. The number of nitrogens with zero attached hydrogens (tertiary/aromatic N) is 1. The second-order valence-corrected chi connectivity index (χ2v) is 2.96. The lowest BCUT2D eigenvalue weighted by atomic mass is 10.2. The molecule has 0 saturated carbocycles. The lowest BCUT2D eigenvalue weighted by Gasteiger charge is -2.07. The maximum absolute atomic E-state index is 10.4. The third kappa shape index (κ3) is 1.77. The minimum atomic E-state index is -2.12. The van der Waals surface area contributed by atoms with Gasteiger partial charge in [-0.25, -0.2) is 0 Å². The van der Waals surface area contributed by atoms with Crippen molar-refractivity contribution in [1.29, 1.82) is 0 Å². The van der Waals surface area contributed by atoms with Gasteiger partial charge in [-0.05, 0) is 17.4 Å². The van der Waals surface area contributed by atoms with Crippen molar-refractivity contribution in [2.45, 2.75) is 12.8 Å². The van der Waals surface area contributed by atoms with Crippen LogP contribution in [0.3, 0.4) is 0 Å². The van der Waals surface area contributed by atoms with Crippen LogP contribution in [-0.2, 0) is 4.57 Å². The van der Waals surface area contributed by atoms with Gasteiger partial charge in [0.05, 0.1) is 6.54 Å². The second kappa shape index (κ2) is 2.95. The van der Waals surface area contributed by atoms with Crippen molar-refractivity contribution in [2.24, 2.45) is 0 Å². The molecule has 3 nitrogen and oxygen atoms in total. The van der Waals surface area contributed by atoms with Gasteiger partial charge in [0.2, 0.25) is 0 Å². The molecule has 0 fully saturated rings. The molecule has 1 aliphatic heterocycles. The van der Waals surface area contributed by atoms with Crippen molar-refractivity contribution in [3.05, 3.63) is 12.3 Å². The van der Waals surface area contributed by atoms with E-state index in [1.54, 1.807) is 6.20 Å². The summed E-state index contributed by atoms with van der Waals surface area (Å²) in [6, 6.07) is 0. The normalized spacial score (nSPS) is 20.1. The molecule has 1 rings (SSSR count). The van der Waals surface area contributed by atoms with Crippen LogP contribution >= 0.6 is 8.18 Å². The van der Waals surface area contributed by atoms with Gasteiger partial charge in [0, 0.05) is 6.20 Å². The molecular formula is C5H9NO2P+. The molecule has 0 aromatic heterocycles. The van der Waals surface area contributed by atoms with Crippen LogP contribution in [0.4, 0.5) is 0 Å². The topological polar surface area (TPSA) is 40.5 Å². The Labute approximate surface area is 54.9 Å². The highest BCUT2D eigenvalue weighted by Gasteiger charge is 2.21. The van der Waals surface area contributed by atoms with Crippen LogP contribution in [0, 0.1) is 0 Å². The highest BCUT2D eigenvalue weighted by Crippen LogP contribution is 2.24. The minimum Gasteiger partial charge on any atom is -0.146 e. The molecule has 0 aromatic carbocycles. The Bertz CT molecular complexity index is 146. The highest BCUT2D eigenvalue weighted by atomic mass is 31.1. The average molecular weight is 146 g/mol. The second-order valence-electron chi connectivity index (χ2n) is 1.94. The van der Waals surface area contributed by atoms with E-state index < -0.39 is 8.18 Å². The molecule has 0 spiro atoms. The van der Waals surface area contributed by atoms with Crippen molar-refractivity contribution in [2.75, 3.05) is 6.54 Å². The molecule has 0 bridgehead atoms. The molecule has 0 saturated heterocycles. The van der Waals surface area contributed by atoms with E-state index in [4.69, 9.17) is 4.89 Å². The van der Waals surface area contributed by atoms with Crippen molar-refractivity contribution >= 4 is 8.18 Å². The van der Waals surface area contributed by atoms with Crippen molar-refractivity contribution in [3.8, 4) is 0 Å². The van der Waals surface area contributed by atoms with Crippen LogP contribution in [0.15, 0.2) is 12.3 Å². The van der Waals surface area contributed by atoms with Gasteiger partial charge in [0.15, 0.2) is 0 Å². The van der Waals surface area contributed by atoms with Gasteiger partial charge in [-0.3, -0.25) is 0 Å². The van der Waals surface area contributed by atoms with Gasteiger partial charge in [0.1, 0.15) is 0 Å². The van der Waals surface area contributed by atoms with E-state index in [2.05, 4.69) is 0 Å². The molecule has 1 atom stereocenters. The van der Waals surface area contributed by atoms with Crippen LogP contribution in [0.2, 0.25) is 0 Å². The summed E-state index contributed by atoms with van der Waals surface area (Å²) in [6.07, 6.45) is 5.60. The van der Waals surface area contributed by atoms with Crippen molar-refractivity contribution in [1.82, 2.24) is 4.67 Å². The van der Waals surface area contributed by atoms with E-state index in [-0.39, 0.29) is 0 Å². The highest BCUT2D eigenvalue weighted by molar-refractivity contribution is 7.35. The Hall–Kier alpha value is -0.400. The first-order valence-electron chi connectivity index (χ1n) is 2.90. The molecule has 9 heavy (non-hydrogen) atoms. The molecule has 0 aromatic rings. The average Bonchev–Trinajstić information content (AvgIpc) is 1.90. The number of hydrogen-bond acceptors (Lipinski definition) is 1. The van der Waals surface area contributed by atoms with E-state index in [0.717, 1.165) is 12.8 Å². The Balaban J connectivity index is 2.50. The van der Waals surface area contributed by atoms with Gasteiger partial charge < -0.3 is 0 Å². The molecule has 50 valence electrons. The van der Waals surface area contributed by atoms with Crippen LogP contribution in [-0.4, -0.2) is 16.1 Å². The third-order valence-electron chi connectivity index (χ3n) is 1.26. The zero-order valence-electron chi connectivity index (χ0n) is 5.03. The van der Waals surface area contributed by atoms with E-state index in [9.17, 15) is 4.57 Å². The molecular weight excluding hydrogens is 137 g/mol. The lowest BCUT2D eigenvalue weighted by molar-refractivity contribution is 0.416. The lowest BCUT2D eigenvalue weighted by Crippen LogP contribution is -2.12. The smallest absolute Gasteiger partial charge is 0.146 e. The maximum Gasteiger partial charge on any atom is 0.642 e. The Kier molecular flexibility index (Phi) is 2.20. The van der Waals surface area contributed by atoms with Crippen molar-refractivity contribution < 1.29 is 9.46 Å².